The van der Waals surface area contributed by atoms with E-state index in [4.69, 9.17) is 6.42 Å². The van der Waals surface area contributed by atoms with E-state index in [2.05, 4.69) is 22.3 Å². The van der Waals surface area contributed by atoms with Crippen molar-refractivity contribution >= 4 is 10.9 Å². The fourth-order valence-corrected chi connectivity index (χ4v) is 1.51. The zero-order valence-electron chi connectivity index (χ0n) is 8.33. The molecule has 73 valence electrons. The maximum Gasteiger partial charge on any atom is 0.0784 e. The van der Waals surface area contributed by atoms with Gasteiger partial charge >= 0.3 is 0 Å². The van der Waals surface area contributed by atoms with Crippen LogP contribution < -0.4 is 5.32 Å². The van der Waals surface area contributed by atoms with Crippen LogP contribution in [0.25, 0.3) is 10.9 Å². The van der Waals surface area contributed by atoms with E-state index in [1.807, 2.05) is 24.3 Å². The highest BCUT2D eigenvalue weighted by atomic mass is 14.8. The lowest BCUT2D eigenvalue weighted by molar-refractivity contribution is 0.775. The summed E-state index contributed by atoms with van der Waals surface area (Å²) in [5, 5.41) is 4.29. The Balaban J connectivity index is 2.31. The normalized spacial score (nSPS) is 10.1. The molecule has 0 bridgehead atoms. The van der Waals surface area contributed by atoms with E-state index in [0.717, 1.165) is 17.4 Å². The number of aromatic nitrogens is 1. The Bertz CT molecular complexity index is 492. The van der Waals surface area contributed by atoms with Gasteiger partial charge in [-0.3, -0.25) is 4.98 Å². The first-order valence-electron chi connectivity index (χ1n) is 4.80. The van der Waals surface area contributed by atoms with Gasteiger partial charge in [0.25, 0.3) is 0 Å². The zero-order chi connectivity index (χ0) is 10.5. The fourth-order valence-electron chi connectivity index (χ4n) is 1.51. The molecule has 2 aromatic rings. The standard InChI is InChI=1S/C13H11N2/c1-2-8-14-10-11-5-3-7-13-12(11)6-4-9-15-13/h1,3-6,9,14H,8,10H2. The molecule has 1 radical (unpaired) electrons. The number of terminal acetylenes is 1. The molecule has 0 fully saturated rings. The van der Waals surface area contributed by atoms with Crippen molar-refractivity contribution in [1.82, 2.24) is 10.3 Å². The van der Waals surface area contributed by atoms with E-state index < -0.39 is 0 Å². The van der Waals surface area contributed by atoms with Crippen molar-refractivity contribution in [1.29, 1.82) is 0 Å². The lowest BCUT2D eigenvalue weighted by Gasteiger charge is -2.05. The number of hydrogen-bond acceptors (Lipinski definition) is 2. The topological polar surface area (TPSA) is 24.9 Å². The molecule has 0 spiro atoms. The van der Waals surface area contributed by atoms with Crippen molar-refractivity contribution in [3.05, 3.63) is 42.1 Å². The molecule has 0 amide bonds. The molecular weight excluding hydrogens is 184 g/mol. The van der Waals surface area contributed by atoms with Crippen molar-refractivity contribution in [2.75, 3.05) is 6.54 Å². The average molecular weight is 195 g/mol. The molecule has 2 heteroatoms. The highest BCUT2D eigenvalue weighted by Gasteiger charge is 1.99. The first-order chi connectivity index (χ1) is 7.42. The number of rotatable bonds is 3. The Hall–Kier alpha value is -1.85. The summed E-state index contributed by atoms with van der Waals surface area (Å²) in [5.74, 6) is 2.55. The molecule has 0 aliphatic rings. The van der Waals surface area contributed by atoms with Crippen molar-refractivity contribution < 1.29 is 0 Å². The molecule has 0 aliphatic heterocycles. The van der Waals surface area contributed by atoms with E-state index in [-0.39, 0.29) is 0 Å². The summed E-state index contributed by atoms with van der Waals surface area (Å²) >= 11 is 0. The molecular formula is C13H11N2. The van der Waals surface area contributed by atoms with Gasteiger partial charge in [-0.1, -0.05) is 24.1 Å². The van der Waals surface area contributed by atoms with Crippen LogP contribution in [0.4, 0.5) is 0 Å². The third-order valence-electron chi connectivity index (χ3n) is 2.20. The second kappa shape index (κ2) is 4.59. The number of pyridine rings is 1. The second-order valence-electron chi connectivity index (χ2n) is 3.21. The summed E-state index contributed by atoms with van der Waals surface area (Å²) in [6.07, 6.45) is 6.95. The van der Waals surface area contributed by atoms with E-state index in [9.17, 15) is 0 Å². The van der Waals surface area contributed by atoms with E-state index in [0.29, 0.717) is 6.54 Å². The molecule has 0 saturated carbocycles. The Labute approximate surface area is 89.3 Å². The lowest BCUT2D eigenvalue weighted by atomic mass is 10.1. The molecule has 0 unspecified atom stereocenters. The van der Waals surface area contributed by atoms with Crippen molar-refractivity contribution in [2.45, 2.75) is 6.54 Å². The van der Waals surface area contributed by atoms with Gasteiger partial charge in [0.05, 0.1) is 12.1 Å². The van der Waals surface area contributed by atoms with Gasteiger partial charge in [0, 0.05) is 24.2 Å². The minimum atomic E-state index is 0.584. The minimum Gasteiger partial charge on any atom is -0.302 e. The quantitative estimate of drug-likeness (QED) is 0.596. The number of nitrogens with zero attached hydrogens (tertiary/aromatic N) is 1. The predicted octanol–water partition coefficient (Wildman–Crippen LogP) is 1.76. The predicted molar refractivity (Wildman–Crippen MR) is 61.1 cm³/mol. The van der Waals surface area contributed by atoms with Crippen LogP contribution in [0.1, 0.15) is 5.56 Å². The lowest BCUT2D eigenvalue weighted by Crippen LogP contribution is -2.13. The summed E-state index contributed by atoms with van der Waals surface area (Å²) in [4.78, 5) is 4.25. The molecule has 1 aromatic heterocycles. The maximum absolute atomic E-state index is 5.17. The molecule has 1 N–H and O–H groups in total. The second-order valence-corrected chi connectivity index (χ2v) is 3.21. The van der Waals surface area contributed by atoms with Gasteiger partial charge in [-0.25, -0.2) is 0 Å². The number of hydrogen-bond donors (Lipinski definition) is 1. The van der Waals surface area contributed by atoms with E-state index in [1.165, 1.54) is 5.56 Å². The van der Waals surface area contributed by atoms with Crippen molar-refractivity contribution in [2.24, 2.45) is 0 Å². The first kappa shape index (κ1) is 9.70. The van der Waals surface area contributed by atoms with Gasteiger partial charge in [-0.2, -0.15) is 0 Å². The van der Waals surface area contributed by atoms with Gasteiger partial charge < -0.3 is 5.32 Å². The molecule has 0 aliphatic carbocycles. The molecule has 15 heavy (non-hydrogen) atoms. The molecule has 0 saturated heterocycles. The largest absolute Gasteiger partial charge is 0.302 e. The maximum atomic E-state index is 5.17. The van der Waals surface area contributed by atoms with Gasteiger partial charge in [0.2, 0.25) is 0 Å². The van der Waals surface area contributed by atoms with Crippen LogP contribution in [0.3, 0.4) is 0 Å². The Kier molecular flexibility index (Phi) is 2.96. The summed E-state index contributed by atoms with van der Waals surface area (Å²) in [6, 6.07) is 11.0. The van der Waals surface area contributed by atoms with Crippen LogP contribution in [0.5, 0.6) is 0 Å². The van der Waals surface area contributed by atoms with Crippen LogP contribution in [0, 0.1) is 18.4 Å². The summed E-state index contributed by atoms with van der Waals surface area (Å²) in [6.45, 7) is 1.35. The van der Waals surface area contributed by atoms with E-state index >= 15 is 0 Å². The fraction of sp³-hybridized carbons (Fsp3) is 0.154. The Morgan fingerprint density at radius 3 is 3.27 bits per heavy atom. The molecule has 0 atom stereocenters. The summed E-state index contributed by atoms with van der Waals surface area (Å²) in [5.41, 5.74) is 2.10. The van der Waals surface area contributed by atoms with Crippen LogP contribution >= 0.6 is 0 Å². The van der Waals surface area contributed by atoms with Gasteiger partial charge in [-0.15, -0.1) is 6.42 Å². The van der Waals surface area contributed by atoms with Gasteiger partial charge in [-0.05, 0) is 11.6 Å². The molecule has 2 rings (SSSR count). The molecule has 2 nitrogen and oxygen atoms in total. The third kappa shape index (κ3) is 2.15. The van der Waals surface area contributed by atoms with Crippen LogP contribution in [0.15, 0.2) is 30.5 Å². The Morgan fingerprint density at radius 1 is 1.47 bits per heavy atom. The highest BCUT2D eigenvalue weighted by molar-refractivity contribution is 5.81. The van der Waals surface area contributed by atoms with Crippen LogP contribution in [-0.4, -0.2) is 11.5 Å². The molecule has 1 heterocycles. The smallest absolute Gasteiger partial charge is 0.0784 e. The number of benzene rings is 1. The van der Waals surface area contributed by atoms with Gasteiger partial charge in [0.15, 0.2) is 0 Å². The highest BCUT2D eigenvalue weighted by Crippen LogP contribution is 2.15. The van der Waals surface area contributed by atoms with E-state index in [1.54, 1.807) is 6.20 Å². The van der Waals surface area contributed by atoms with Crippen LogP contribution in [0.2, 0.25) is 0 Å². The SMILES string of the molecule is C#CCNCc1cc[c]c2ncccc12. The molecule has 1 aromatic carbocycles. The zero-order valence-corrected chi connectivity index (χ0v) is 8.33. The third-order valence-corrected chi connectivity index (χ3v) is 2.20. The summed E-state index contributed by atoms with van der Waals surface area (Å²) in [7, 11) is 0. The number of nitrogens with one attached hydrogen (secondary N) is 1. The first-order valence-corrected chi connectivity index (χ1v) is 4.80. The monoisotopic (exact) mass is 195 g/mol. The summed E-state index contributed by atoms with van der Waals surface area (Å²) < 4.78 is 0. The van der Waals surface area contributed by atoms with Crippen LogP contribution in [-0.2, 0) is 6.54 Å². The minimum absolute atomic E-state index is 0.584. The van der Waals surface area contributed by atoms with Crippen molar-refractivity contribution in [3.8, 4) is 12.3 Å². The average Bonchev–Trinajstić information content (AvgIpc) is 2.30. The van der Waals surface area contributed by atoms with Crippen molar-refractivity contribution in [3.63, 3.8) is 0 Å². The van der Waals surface area contributed by atoms with Gasteiger partial charge in [0.1, 0.15) is 0 Å². The number of fused-ring (bicyclic) bond motifs is 1. The Morgan fingerprint density at radius 2 is 2.40 bits per heavy atom.